The highest BCUT2D eigenvalue weighted by Crippen LogP contribution is 2.43. The molecule has 1 unspecified atom stereocenters. The highest BCUT2D eigenvalue weighted by atomic mass is 19.4. The number of alkyl halides is 3. The number of carbonyl (C=O) groups is 4. The first kappa shape index (κ1) is 17.9. The fourth-order valence-corrected chi connectivity index (χ4v) is 3.57. The van der Waals surface area contributed by atoms with Crippen molar-refractivity contribution in [1.29, 1.82) is 0 Å². The third-order valence-electron chi connectivity index (χ3n) is 4.77. The molecule has 9 heteroatoms. The first-order valence-electron chi connectivity index (χ1n) is 8.01. The van der Waals surface area contributed by atoms with Crippen molar-refractivity contribution in [2.75, 3.05) is 0 Å². The number of cyclic esters (lactones) is 4. The van der Waals surface area contributed by atoms with Gasteiger partial charge in [0.2, 0.25) is 0 Å². The minimum atomic E-state index is -4.83. The molecule has 1 atom stereocenters. The smallest absolute Gasteiger partial charge is 0.386 e. The third kappa shape index (κ3) is 2.43. The Morgan fingerprint density at radius 1 is 0.786 bits per heavy atom. The van der Waals surface area contributed by atoms with E-state index in [1.165, 1.54) is 25.1 Å². The van der Waals surface area contributed by atoms with Gasteiger partial charge in [-0.15, -0.1) is 0 Å². The summed E-state index contributed by atoms with van der Waals surface area (Å²) in [6.07, 6.45) is -4.83. The minimum Gasteiger partial charge on any atom is -0.386 e. The topological polar surface area (TPSA) is 86.7 Å². The molecule has 0 saturated heterocycles. The molecule has 0 bridgehead atoms. The molecule has 0 amide bonds. The molecule has 0 fully saturated rings. The van der Waals surface area contributed by atoms with E-state index in [2.05, 4.69) is 9.47 Å². The van der Waals surface area contributed by atoms with Crippen LogP contribution in [0.25, 0.3) is 0 Å². The highest BCUT2D eigenvalue weighted by Gasteiger charge is 2.43. The summed E-state index contributed by atoms with van der Waals surface area (Å²) < 4.78 is 49.9. The molecule has 0 saturated carbocycles. The van der Waals surface area contributed by atoms with Gasteiger partial charge in [-0.05, 0) is 29.3 Å². The first-order valence-corrected chi connectivity index (χ1v) is 8.01. The van der Waals surface area contributed by atoms with Crippen LogP contribution in [0.2, 0.25) is 0 Å². The molecule has 0 spiro atoms. The maximum absolute atomic E-state index is 13.6. The molecule has 2 aliphatic rings. The zero-order chi connectivity index (χ0) is 20.4. The van der Waals surface area contributed by atoms with Gasteiger partial charge in [-0.1, -0.05) is 19.1 Å². The van der Waals surface area contributed by atoms with Crippen LogP contribution in [-0.2, 0) is 15.7 Å². The second-order valence-corrected chi connectivity index (χ2v) is 6.29. The highest BCUT2D eigenvalue weighted by molar-refractivity contribution is 6.17. The Labute approximate surface area is 154 Å². The Kier molecular flexibility index (Phi) is 3.68. The summed E-state index contributed by atoms with van der Waals surface area (Å²) in [5.41, 5.74) is -2.59. The molecule has 2 aromatic rings. The summed E-state index contributed by atoms with van der Waals surface area (Å²) in [6.45, 7) is 1.34. The predicted octanol–water partition coefficient (Wildman–Crippen LogP) is 3.48. The van der Waals surface area contributed by atoms with E-state index in [9.17, 15) is 32.3 Å². The van der Waals surface area contributed by atoms with Crippen molar-refractivity contribution >= 4 is 23.9 Å². The predicted molar refractivity (Wildman–Crippen MR) is 84.9 cm³/mol. The van der Waals surface area contributed by atoms with Crippen molar-refractivity contribution in [2.45, 2.75) is 19.0 Å². The third-order valence-corrected chi connectivity index (χ3v) is 4.77. The molecule has 0 aromatic heterocycles. The average molecular weight is 390 g/mol. The van der Waals surface area contributed by atoms with E-state index in [-0.39, 0.29) is 22.3 Å². The van der Waals surface area contributed by atoms with E-state index < -0.39 is 52.7 Å². The van der Waals surface area contributed by atoms with Gasteiger partial charge in [0.25, 0.3) is 0 Å². The summed E-state index contributed by atoms with van der Waals surface area (Å²) in [4.78, 5) is 47.7. The molecule has 0 aliphatic carbocycles. The van der Waals surface area contributed by atoms with Gasteiger partial charge in [-0.25, -0.2) is 19.2 Å². The van der Waals surface area contributed by atoms with Gasteiger partial charge >= 0.3 is 30.1 Å². The van der Waals surface area contributed by atoms with Gasteiger partial charge in [-0.2, -0.15) is 13.2 Å². The van der Waals surface area contributed by atoms with Gasteiger partial charge in [0.1, 0.15) is 0 Å². The minimum absolute atomic E-state index is 0.0689. The Morgan fingerprint density at radius 2 is 1.36 bits per heavy atom. The monoisotopic (exact) mass is 390 g/mol. The summed E-state index contributed by atoms with van der Waals surface area (Å²) in [6, 6.07) is 5.65. The number of ether oxygens (including phenoxy) is 2. The first-order chi connectivity index (χ1) is 13.1. The van der Waals surface area contributed by atoms with Gasteiger partial charge in [0.05, 0.1) is 27.8 Å². The second kappa shape index (κ2) is 5.75. The molecular weight excluding hydrogens is 381 g/mol. The van der Waals surface area contributed by atoms with Crippen molar-refractivity contribution in [3.8, 4) is 0 Å². The molecule has 2 heterocycles. The van der Waals surface area contributed by atoms with E-state index in [1.54, 1.807) is 0 Å². The standard InChI is InChI=1S/C19H9F3O6/c1-7(8-3-2-4-9-13(8)17(25)27-15(9)23)12-11(19(20,21)22)6-5-10-14(12)18(26)28-16(10)24/h2-7H,1H3. The van der Waals surface area contributed by atoms with E-state index in [1.807, 2.05) is 0 Å². The zero-order valence-corrected chi connectivity index (χ0v) is 14.0. The lowest BCUT2D eigenvalue weighted by Gasteiger charge is -2.21. The van der Waals surface area contributed by atoms with Crippen molar-refractivity contribution in [3.63, 3.8) is 0 Å². The van der Waals surface area contributed by atoms with Crippen molar-refractivity contribution in [1.82, 2.24) is 0 Å². The maximum atomic E-state index is 13.6. The molecule has 2 aliphatic heterocycles. The van der Waals surface area contributed by atoms with Crippen molar-refractivity contribution < 1.29 is 41.8 Å². The number of benzene rings is 2. The summed E-state index contributed by atoms with van der Waals surface area (Å²) in [7, 11) is 0. The van der Waals surface area contributed by atoms with Gasteiger partial charge < -0.3 is 9.47 Å². The van der Waals surface area contributed by atoms with Gasteiger partial charge in [0.15, 0.2) is 0 Å². The van der Waals surface area contributed by atoms with Gasteiger partial charge in [0, 0.05) is 5.92 Å². The molecule has 2 aromatic carbocycles. The number of rotatable bonds is 2. The normalized spacial score (nSPS) is 16.6. The van der Waals surface area contributed by atoms with E-state index in [4.69, 9.17) is 0 Å². The number of hydrogen-bond acceptors (Lipinski definition) is 6. The number of esters is 4. The Balaban J connectivity index is 2.01. The zero-order valence-electron chi connectivity index (χ0n) is 14.0. The van der Waals surface area contributed by atoms with Crippen LogP contribution in [0, 0.1) is 0 Å². The van der Waals surface area contributed by atoms with Crippen LogP contribution in [0.1, 0.15) is 71.0 Å². The molecule has 6 nitrogen and oxygen atoms in total. The van der Waals surface area contributed by atoms with E-state index in [0.29, 0.717) is 6.07 Å². The summed E-state index contributed by atoms with van der Waals surface area (Å²) in [5.74, 6) is -5.30. The van der Waals surface area contributed by atoms with Crippen LogP contribution < -0.4 is 0 Å². The van der Waals surface area contributed by atoms with Crippen LogP contribution in [-0.4, -0.2) is 23.9 Å². The number of fused-ring (bicyclic) bond motifs is 2. The van der Waals surface area contributed by atoms with E-state index in [0.717, 1.165) is 6.07 Å². The molecule has 4 rings (SSSR count). The lowest BCUT2D eigenvalue weighted by molar-refractivity contribution is -0.138. The molecule has 28 heavy (non-hydrogen) atoms. The lowest BCUT2D eigenvalue weighted by Crippen LogP contribution is -2.17. The quantitative estimate of drug-likeness (QED) is 0.577. The Bertz CT molecular complexity index is 1100. The Morgan fingerprint density at radius 3 is 1.96 bits per heavy atom. The Hall–Kier alpha value is -3.49. The molecular formula is C19H9F3O6. The van der Waals surface area contributed by atoms with Crippen molar-refractivity contribution in [2.24, 2.45) is 0 Å². The fourth-order valence-electron chi connectivity index (χ4n) is 3.57. The summed E-state index contributed by atoms with van der Waals surface area (Å²) >= 11 is 0. The van der Waals surface area contributed by atoms with Crippen molar-refractivity contribution in [3.05, 3.63) is 69.3 Å². The van der Waals surface area contributed by atoms with Crippen LogP contribution in [0.3, 0.4) is 0 Å². The number of carbonyl (C=O) groups excluding carboxylic acids is 4. The molecule has 0 radical (unpaired) electrons. The largest absolute Gasteiger partial charge is 0.416 e. The average Bonchev–Trinajstić information content (AvgIpc) is 3.09. The molecule has 0 N–H and O–H groups in total. The summed E-state index contributed by atoms with van der Waals surface area (Å²) in [5, 5.41) is 0. The lowest BCUT2D eigenvalue weighted by atomic mass is 9.82. The van der Waals surface area contributed by atoms with Crippen LogP contribution >= 0.6 is 0 Å². The SMILES string of the molecule is CC(c1cccc2c1C(=O)OC2=O)c1c(C(F)(F)F)ccc2c1C(=O)OC2=O. The van der Waals surface area contributed by atoms with Crippen LogP contribution in [0.5, 0.6) is 0 Å². The van der Waals surface area contributed by atoms with Gasteiger partial charge in [-0.3, -0.25) is 0 Å². The van der Waals surface area contributed by atoms with Crippen LogP contribution in [0.4, 0.5) is 13.2 Å². The van der Waals surface area contributed by atoms with Crippen LogP contribution in [0.15, 0.2) is 30.3 Å². The van der Waals surface area contributed by atoms with E-state index >= 15 is 0 Å². The fraction of sp³-hybridized carbons (Fsp3) is 0.158. The number of halogens is 3. The molecule has 142 valence electrons. The maximum Gasteiger partial charge on any atom is 0.416 e. The second-order valence-electron chi connectivity index (χ2n) is 6.29. The number of hydrogen-bond donors (Lipinski definition) is 0.